The van der Waals surface area contributed by atoms with E-state index in [0.717, 1.165) is 34.1 Å². The van der Waals surface area contributed by atoms with Gasteiger partial charge in [0.05, 0.1) is 0 Å². The van der Waals surface area contributed by atoms with Crippen molar-refractivity contribution in [2.24, 2.45) is 0 Å². The number of H-pyrrole nitrogens is 1. The first-order valence-electron chi connectivity index (χ1n) is 5.67. The number of nitrogens with one attached hydrogen (secondary N) is 1. The van der Waals surface area contributed by atoms with Crippen LogP contribution in [0.25, 0.3) is 10.9 Å². The van der Waals surface area contributed by atoms with Crippen LogP contribution in [0.2, 0.25) is 0 Å². The molecular formula is C14H17NO. The summed E-state index contributed by atoms with van der Waals surface area (Å²) in [6.45, 7) is 8.04. The highest BCUT2D eigenvalue weighted by atomic mass is 16.1. The molecule has 1 heterocycles. The van der Waals surface area contributed by atoms with Gasteiger partial charge in [0.1, 0.15) is 0 Å². The monoisotopic (exact) mass is 215 g/mol. The average molecular weight is 215 g/mol. The van der Waals surface area contributed by atoms with Crippen LogP contribution in [0.4, 0.5) is 0 Å². The van der Waals surface area contributed by atoms with E-state index >= 15 is 0 Å². The Kier molecular flexibility index (Phi) is 2.58. The number of benzene rings is 1. The van der Waals surface area contributed by atoms with Crippen molar-refractivity contribution in [1.29, 1.82) is 0 Å². The Morgan fingerprint density at radius 2 is 1.88 bits per heavy atom. The van der Waals surface area contributed by atoms with Crippen molar-refractivity contribution in [3.05, 3.63) is 44.7 Å². The lowest BCUT2D eigenvalue weighted by Gasteiger charge is -2.09. The van der Waals surface area contributed by atoms with Crippen molar-refractivity contribution in [1.82, 2.24) is 4.98 Å². The summed E-state index contributed by atoms with van der Waals surface area (Å²) in [6.07, 6.45) is 0.782. The number of aryl methyl sites for hydroxylation is 3. The minimum atomic E-state index is 0.186. The third-order valence-electron chi connectivity index (χ3n) is 3.11. The summed E-state index contributed by atoms with van der Waals surface area (Å²) in [4.78, 5) is 15.6. The van der Waals surface area contributed by atoms with E-state index in [4.69, 9.17) is 0 Å². The second kappa shape index (κ2) is 3.78. The number of pyridine rings is 1. The predicted molar refractivity (Wildman–Crippen MR) is 68.2 cm³/mol. The van der Waals surface area contributed by atoms with Gasteiger partial charge in [-0.25, -0.2) is 0 Å². The minimum Gasteiger partial charge on any atom is -0.358 e. The first kappa shape index (κ1) is 10.9. The number of rotatable bonds is 1. The number of aromatic nitrogens is 1. The van der Waals surface area contributed by atoms with Crippen LogP contribution in [0, 0.1) is 20.8 Å². The SMILES string of the molecule is CCc1c(C)[nH]c2cc(C)cc(C)c2c1=O. The maximum absolute atomic E-state index is 12.3. The van der Waals surface area contributed by atoms with Crippen LogP contribution < -0.4 is 5.43 Å². The minimum absolute atomic E-state index is 0.186. The highest BCUT2D eigenvalue weighted by molar-refractivity contribution is 5.83. The van der Waals surface area contributed by atoms with Gasteiger partial charge in [-0.05, 0) is 44.4 Å². The lowest BCUT2D eigenvalue weighted by atomic mass is 10.0. The Labute approximate surface area is 95.3 Å². The zero-order valence-corrected chi connectivity index (χ0v) is 10.3. The topological polar surface area (TPSA) is 32.9 Å². The van der Waals surface area contributed by atoms with Crippen LogP contribution in [-0.2, 0) is 6.42 Å². The molecule has 2 aromatic rings. The van der Waals surface area contributed by atoms with E-state index in [1.807, 2.05) is 33.8 Å². The standard InChI is InChI=1S/C14H17NO/c1-5-11-10(4)15-12-7-8(2)6-9(3)13(12)14(11)16/h6-7H,5H2,1-4H3,(H,15,16). The zero-order chi connectivity index (χ0) is 11.9. The van der Waals surface area contributed by atoms with E-state index < -0.39 is 0 Å². The molecule has 0 fully saturated rings. The molecule has 0 radical (unpaired) electrons. The molecule has 0 amide bonds. The van der Waals surface area contributed by atoms with E-state index in [-0.39, 0.29) is 5.43 Å². The van der Waals surface area contributed by atoms with Gasteiger partial charge < -0.3 is 4.98 Å². The van der Waals surface area contributed by atoms with Crippen molar-refractivity contribution in [2.75, 3.05) is 0 Å². The summed E-state index contributed by atoms with van der Waals surface area (Å²) in [7, 11) is 0. The van der Waals surface area contributed by atoms with Gasteiger partial charge in [0.25, 0.3) is 0 Å². The largest absolute Gasteiger partial charge is 0.358 e. The van der Waals surface area contributed by atoms with Crippen LogP contribution in [-0.4, -0.2) is 4.98 Å². The second-order valence-corrected chi connectivity index (χ2v) is 4.42. The summed E-state index contributed by atoms with van der Waals surface area (Å²) >= 11 is 0. The molecule has 0 bridgehead atoms. The van der Waals surface area contributed by atoms with Crippen LogP contribution >= 0.6 is 0 Å². The lowest BCUT2D eigenvalue weighted by molar-refractivity contribution is 1.05. The Morgan fingerprint density at radius 1 is 1.19 bits per heavy atom. The Balaban J connectivity index is 2.99. The Morgan fingerprint density at radius 3 is 2.50 bits per heavy atom. The number of aromatic amines is 1. The summed E-state index contributed by atoms with van der Waals surface area (Å²) in [5.74, 6) is 0. The van der Waals surface area contributed by atoms with Gasteiger partial charge in [0.15, 0.2) is 5.43 Å². The maximum atomic E-state index is 12.3. The third-order valence-corrected chi connectivity index (χ3v) is 3.11. The molecule has 1 aromatic carbocycles. The predicted octanol–water partition coefficient (Wildman–Crippen LogP) is 3.02. The molecule has 84 valence electrons. The van der Waals surface area contributed by atoms with Gasteiger partial charge in [-0.3, -0.25) is 4.79 Å². The Bertz CT molecular complexity index is 608. The molecule has 1 aromatic heterocycles. The van der Waals surface area contributed by atoms with Crippen molar-refractivity contribution >= 4 is 10.9 Å². The van der Waals surface area contributed by atoms with E-state index in [9.17, 15) is 4.79 Å². The van der Waals surface area contributed by atoms with Gasteiger partial charge in [0, 0.05) is 22.2 Å². The number of hydrogen-bond acceptors (Lipinski definition) is 1. The summed E-state index contributed by atoms with van der Waals surface area (Å²) in [5.41, 5.74) is 5.28. The molecule has 2 rings (SSSR count). The molecule has 0 atom stereocenters. The molecule has 2 heteroatoms. The lowest BCUT2D eigenvalue weighted by Crippen LogP contribution is -2.13. The molecule has 16 heavy (non-hydrogen) atoms. The van der Waals surface area contributed by atoms with E-state index in [1.54, 1.807) is 0 Å². The Hall–Kier alpha value is -1.57. The van der Waals surface area contributed by atoms with Gasteiger partial charge in [-0.15, -0.1) is 0 Å². The summed E-state index contributed by atoms with van der Waals surface area (Å²) in [5, 5.41) is 0.841. The normalized spacial score (nSPS) is 11.0. The van der Waals surface area contributed by atoms with Gasteiger partial charge in [-0.2, -0.15) is 0 Å². The van der Waals surface area contributed by atoms with Crippen molar-refractivity contribution in [2.45, 2.75) is 34.1 Å². The van der Waals surface area contributed by atoms with Crippen molar-refractivity contribution in [3.63, 3.8) is 0 Å². The fourth-order valence-electron chi connectivity index (χ4n) is 2.39. The fraction of sp³-hybridized carbons (Fsp3) is 0.357. The third kappa shape index (κ3) is 1.54. The highest BCUT2D eigenvalue weighted by Crippen LogP contribution is 2.17. The van der Waals surface area contributed by atoms with Crippen LogP contribution in [0.1, 0.15) is 29.3 Å². The first-order valence-corrected chi connectivity index (χ1v) is 5.67. The molecular weight excluding hydrogens is 198 g/mol. The summed E-state index contributed by atoms with van der Waals surface area (Å²) < 4.78 is 0. The van der Waals surface area contributed by atoms with E-state index in [0.29, 0.717) is 0 Å². The zero-order valence-electron chi connectivity index (χ0n) is 10.3. The number of fused-ring (bicyclic) bond motifs is 1. The molecule has 1 N–H and O–H groups in total. The highest BCUT2D eigenvalue weighted by Gasteiger charge is 2.09. The van der Waals surface area contributed by atoms with Crippen molar-refractivity contribution in [3.8, 4) is 0 Å². The molecule has 0 saturated heterocycles. The van der Waals surface area contributed by atoms with Crippen LogP contribution in [0.15, 0.2) is 16.9 Å². The van der Waals surface area contributed by atoms with E-state index in [2.05, 4.69) is 11.1 Å². The fourth-order valence-corrected chi connectivity index (χ4v) is 2.39. The molecule has 0 aliphatic heterocycles. The van der Waals surface area contributed by atoms with Gasteiger partial charge >= 0.3 is 0 Å². The van der Waals surface area contributed by atoms with Gasteiger partial charge in [-0.1, -0.05) is 13.0 Å². The van der Waals surface area contributed by atoms with Crippen molar-refractivity contribution < 1.29 is 0 Å². The maximum Gasteiger partial charge on any atom is 0.193 e. The second-order valence-electron chi connectivity index (χ2n) is 4.42. The molecule has 2 nitrogen and oxygen atoms in total. The smallest absolute Gasteiger partial charge is 0.193 e. The number of hydrogen-bond donors (Lipinski definition) is 1. The average Bonchev–Trinajstić information content (AvgIpc) is 2.15. The quantitative estimate of drug-likeness (QED) is 0.779. The first-order chi connectivity index (χ1) is 7.54. The molecule has 0 spiro atoms. The molecule has 0 aliphatic rings. The molecule has 0 aliphatic carbocycles. The van der Waals surface area contributed by atoms with E-state index in [1.165, 1.54) is 5.56 Å². The van der Waals surface area contributed by atoms with Crippen LogP contribution in [0.5, 0.6) is 0 Å². The summed E-state index contributed by atoms with van der Waals surface area (Å²) in [6, 6.07) is 4.10. The molecule has 0 unspecified atom stereocenters. The van der Waals surface area contributed by atoms with Crippen LogP contribution in [0.3, 0.4) is 0 Å². The molecule has 0 saturated carbocycles. The van der Waals surface area contributed by atoms with Gasteiger partial charge in [0.2, 0.25) is 0 Å².